The molecule has 0 radical (unpaired) electrons. The number of rotatable bonds is 2. The Morgan fingerprint density at radius 2 is 2.30 bits per heavy atom. The Morgan fingerprint density at radius 3 is 2.70 bits per heavy atom. The van der Waals surface area contributed by atoms with Crippen molar-refractivity contribution < 1.29 is 0 Å². The van der Waals surface area contributed by atoms with Gasteiger partial charge in [0.05, 0.1) is 0 Å². The quantitative estimate of drug-likeness (QED) is 0.589. The van der Waals surface area contributed by atoms with Crippen LogP contribution in [0, 0.1) is 0 Å². The summed E-state index contributed by atoms with van der Waals surface area (Å²) in [6.45, 7) is 0. The van der Waals surface area contributed by atoms with Gasteiger partial charge in [0.1, 0.15) is 0 Å². The van der Waals surface area contributed by atoms with Crippen molar-refractivity contribution in [3.63, 3.8) is 0 Å². The summed E-state index contributed by atoms with van der Waals surface area (Å²) in [6.07, 6.45) is 7.27. The van der Waals surface area contributed by atoms with Crippen LogP contribution in [0.25, 0.3) is 0 Å². The van der Waals surface area contributed by atoms with E-state index >= 15 is 0 Å². The minimum atomic E-state index is 0.588. The molecule has 0 heterocycles. The molecule has 10 heavy (non-hydrogen) atoms. The normalized spacial score (nSPS) is 21.5. The van der Waals surface area contributed by atoms with Crippen LogP contribution in [-0.4, -0.2) is 12.3 Å². The van der Waals surface area contributed by atoms with Gasteiger partial charge in [-0.2, -0.15) is 0 Å². The monoisotopic (exact) mass is 250 g/mol. The van der Waals surface area contributed by atoms with Crippen molar-refractivity contribution in [2.45, 2.75) is 25.3 Å². The van der Waals surface area contributed by atoms with Gasteiger partial charge in [-0.3, -0.25) is 4.99 Å². The van der Waals surface area contributed by atoms with Gasteiger partial charge < -0.3 is 5.73 Å². The van der Waals surface area contributed by atoms with E-state index in [0.717, 1.165) is 3.58 Å². The fraction of sp³-hybridized carbons (Fsp3) is 0.571. The summed E-state index contributed by atoms with van der Waals surface area (Å²) in [5.74, 6) is 0. The number of halogens is 1. The Balaban J connectivity index is 2.27. The zero-order valence-corrected chi connectivity index (χ0v) is 7.91. The van der Waals surface area contributed by atoms with Crippen LogP contribution in [0.5, 0.6) is 0 Å². The summed E-state index contributed by atoms with van der Waals surface area (Å²) in [5, 5.41) is 0. The van der Waals surface area contributed by atoms with Gasteiger partial charge in [-0.1, -0.05) is 0 Å². The first-order valence-electron chi connectivity index (χ1n) is 3.43. The molecule has 0 unspecified atom stereocenters. The van der Waals surface area contributed by atoms with Crippen LogP contribution in [0.4, 0.5) is 0 Å². The number of nitrogens with two attached hydrogens (primary N) is 1. The molecule has 3 heteroatoms. The maximum atomic E-state index is 5.26. The Labute approximate surface area is 74.7 Å². The van der Waals surface area contributed by atoms with Gasteiger partial charge in [0.2, 0.25) is 0 Å². The molecule has 0 spiro atoms. The average Bonchev–Trinajstić information content (AvgIpc) is 1.84. The summed E-state index contributed by atoms with van der Waals surface area (Å²) in [7, 11) is 0. The fourth-order valence-electron chi connectivity index (χ4n) is 0.755. The predicted molar refractivity (Wildman–Crippen MR) is 52.4 cm³/mol. The Kier molecular flexibility index (Phi) is 3.18. The molecule has 0 saturated heterocycles. The van der Waals surface area contributed by atoms with Crippen LogP contribution in [0.1, 0.15) is 19.3 Å². The van der Waals surface area contributed by atoms with Crippen molar-refractivity contribution in [2.24, 2.45) is 10.7 Å². The Bertz CT molecular complexity index is 159. The smallest absolute Gasteiger partial charge is 0.0500 e. The Morgan fingerprint density at radius 1 is 1.60 bits per heavy atom. The van der Waals surface area contributed by atoms with Gasteiger partial charge in [0.15, 0.2) is 0 Å². The van der Waals surface area contributed by atoms with E-state index < -0.39 is 0 Å². The molecule has 0 aliphatic heterocycles. The molecular weight excluding hydrogens is 239 g/mol. The lowest BCUT2D eigenvalue weighted by molar-refractivity contribution is 0.421. The van der Waals surface area contributed by atoms with E-state index in [1.54, 1.807) is 6.20 Å². The Hall–Kier alpha value is -0.0600. The van der Waals surface area contributed by atoms with Crippen LogP contribution in [0.15, 0.2) is 14.8 Å². The van der Waals surface area contributed by atoms with Gasteiger partial charge in [0.25, 0.3) is 0 Å². The van der Waals surface area contributed by atoms with E-state index in [1.807, 2.05) is 6.21 Å². The predicted octanol–water partition coefficient (Wildman–Crippen LogP) is 1.84. The van der Waals surface area contributed by atoms with Gasteiger partial charge in [-0.05, 0) is 41.9 Å². The van der Waals surface area contributed by atoms with E-state index in [0.29, 0.717) is 6.04 Å². The lowest BCUT2D eigenvalue weighted by atomic mass is 9.94. The lowest BCUT2D eigenvalue weighted by Gasteiger charge is -2.20. The van der Waals surface area contributed by atoms with E-state index in [1.165, 1.54) is 19.3 Å². The van der Waals surface area contributed by atoms with Crippen LogP contribution >= 0.6 is 22.6 Å². The number of aliphatic imine (C=N–C) groups is 1. The molecule has 0 aromatic heterocycles. The highest BCUT2D eigenvalue weighted by Gasteiger charge is 2.14. The maximum Gasteiger partial charge on any atom is 0.0500 e. The molecule has 0 bridgehead atoms. The van der Waals surface area contributed by atoms with Crippen molar-refractivity contribution in [1.82, 2.24) is 0 Å². The number of hydrogen-bond acceptors (Lipinski definition) is 2. The average molecular weight is 250 g/mol. The van der Waals surface area contributed by atoms with E-state index in [2.05, 4.69) is 27.6 Å². The maximum absolute atomic E-state index is 5.26. The molecule has 2 nitrogen and oxygen atoms in total. The van der Waals surface area contributed by atoms with Gasteiger partial charge >= 0.3 is 0 Å². The zero-order valence-electron chi connectivity index (χ0n) is 5.76. The second-order valence-corrected chi connectivity index (χ2v) is 3.66. The van der Waals surface area contributed by atoms with Crippen molar-refractivity contribution >= 4 is 28.8 Å². The van der Waals surface area contributed by atoms with Gasteiger partial charge in [-0.15, -0.1) is 0 Å². The minimum Gasteiger partial charge on any atom is -0.404 e. The summed E-state index contributed by atoms with van der Waals surface area (Å²) < 4.78 is 1.02. The van der Waals surface area contributed by atoms with Crippen molar-refractivity contribution in [3.8, 4) is 0 Å². The standard InChI is InChI=1S/C7H11IN2/c8-6(4-9)5-10-7-2-1-3-7/h4-5,7H,1-3,9H2. The molecule has 2 N–H and O–H groups in total. The topological polar surface area (TPSA) is 38.4 Å². The zero-order chi connectivity index (χ0) is 7.40. The molecule has 0 aromatic carbocycles. The first kappa shape index (κ1) is 8.04. The first-order chi connectivity index (χ1) is 4.83. The molecule has 1 aliphatic rings. The second-order valence-electron chi connectivity index (χ2n) is 2.41. The van der Waals surface area contributed by atoms with Gasteiger partial charge in [0, 0.05) is 22.0 Å². The summed E-state index contributed by atoms with van der Waals surface area (Å²) >= 11 is 2.17. The summed E-state index contributed by atoms with van der Waals surface area (Å²) in [6, 6.07) is 0.588. The highest BCUT2D eigenvalue weighted by atomic mass is 127. The lowest BCUT2D eigenvalue weighted by Crippen LogP contribution is -2.14. The first-order valence-corrected chi connectivity index (χ1v) is 4.51. The molecular formula is C7H11IN2. The van der Waals surface area contributed by atoms with E-state index in [9.17, 15) is 0 Å². The van der Waals surface area contributed by atoms with E-state index in [4.69, 9.17) is 5.73 Å². The molecule has 1 fully saturated rings. The van der Waals surface area contributed by atoms with Crippen LogP contribution in [0.2, 0.25) is 0 Å². The molecule has 1 rings (SSSR count). The molecule has 1 saturated carbocycles. The summed E-state index contributed by atoms with van der Waals surface area (Å²) in [4.78, 5) is 4.32. The van der Waals surface area contributed by atoms with Crippen LogP contribution in [-0.2, 0) is 0 Å². The highest BCUT2D eigenvalue weighted by molar-refractivity contribution is 14.1. The third kappa shape index (κ3) is 2.28. The molecule has 56 valence electrons. The fourth-order valence-corrected chi connectivity index (χ4v) is 0.916. The number of nitrogens with zero attached hydrogens (tertiary/aromatic N) is 1. The van der Waals surface area contributed by atoms with Crippen molar-refractivity contribution in [2.75, 3.05) is 0 Å². The van der Waals surface area contributed by atoms with Gasteiger partial charge in [-0.25, -0.2) is 0 Å². The van der Waals surface area contributed by atoms with Crippen LogP contribution < -0.4 is 5.73 Å². The largest absolute Gasteiger partial charge is 0.404 e. The van der Waals surface area contributed by atoms with E-state index in [-0.39, 0.29) is 0 Å². The van der Waals surface area contributed by atoms with Crippen molar-refractivity contribution in [3.05, 3.63) is 9.78 Å². The summed E-state index contributed by atoms with van der Waals surface area (Å²) in [5.41, 5.74) is 5.26. The third-order valence-electron chi connectivity index (χ3n) is 1.64. The SMILES string of the molecule is NC=C(I)C=NC1CCC1. The molecule has 0 aromatic rings. The minimum absolute atomic E-state index is 0.588. The molecule has 0 amide bonds. The number of hydrogen-bond donors (Lipinski definition) is 1. The molecule has 1 aliphatic carbocycles. The van der Waals surface area contributed by atoms with Crippen molar-refractivity contribution in [1.29, 1.82) is 0 Å². The third-order valence-corrected chi connectivity index (χ3v) is 2.28. The van der Waals surface area contributed by atoms with Crippen LogP contribution in [0.3, 0.4) is 0 Å². The second kappa shape index (κ2) is 3.95. The highest BCUT2D eigenvalue weighted by Crippen LogP contribution is 2.21. The number of allylic oxidation sites excluding steroid dienone is 1. The molecule has 0 atom stereocenters.